The Labute approximate surface area is 157 Å². The van der Waals surface area contributed by atoms with Crippen LogP contribution in [0.2, 0.25) is 0 Å². The van der Waals surface area contributed by atoms with Gasteiger partial charge in [0.2, 0.25) is 0 Å². The second-order valence-corrected chi connectivity index (χ2v) is 8.55. The summed E-state index contributed by atoms with van der Waals surface area (Å²) in [6, 6.07) is 21.3. The van der Waals surface area contributed by atoms with Crippen molar-refractivity contribution in [3.63, 3.8) is 0 Å². The van der Waals surface area contributed by atoms with Crippen molar-refractivity contribution in [1.82, 2.24) is 0 Å². The van der Waals surface area contributed by atoms with Crippen molar-refractivity contribution in [3.8, 4) is 0 Å². The van der Waals surface area contributed by atoms with Crippen LogP contribution in [0.1, 0.15) is 32.6 Å². The third-order valence-electron chi connectivity index (χ3n) is 4.41. The summed E-state index contributed by atoms with van der Waals surface area (Å²) in [5.74, 6) is -0.0886. The van der Waals surface area contributed by atoms with Gasteiger partial charge >= 0.3 is 5.97 Å². The minimum Gasteiger partial charge on any atom is -0.461 e. The molecule has 3 heteroatoms. The van der Waals surface area contributed by atoms with E-state index in [-0.39, 0.29) is 5.97 Å². The summed E-state index contributed by atoms with van der Waals surface area (Å²) in [6.45, 7) is 2.49. The van der Waals surface area contributed by atoms with Gasteiger partial charge in [-0.25, -0.2) is 0 Å². The van der Waals surface area contributed by atoms with Gasteiger partial charge < -0.3 is 4.74 Å². The van der Waals surface area contributed by atoms with Crippen molar-refractivity contribution in [2.24, 2.45) is 0 Å². The minimum atomic E-state index is -0.632. The Balaban J connectivity index is 1.87. The van der Waals surface area contributed by atoms with Crippen LogP contribution in [0.15, 0.2) is 83.7 Å². The Morgan fingerprint density at radius 3 is 2.19 bits per heavy atom. The normalized spacial score (nSPS) is 13.5. The summed E-state index contributed by atoms with van der Waals surface area (Å²) in [4.78, 5) is 11.9. The van der Waals surface area contributed by atoms with Gasteiger partial charge in [0.15, 0.2) is 0 Å². The van der Waals surface area contributed by atoms with E-state index >= 15 is 0 Å². The largest absolute Gasteiger partial charge is 0.461 e. The molecule has 0 N–H and O–H groups in total. The average Bonchev–Trinajstić information content (AvgIpc) is 3.15. The van der Waals surface area contributed by atoms with Gasteiger partial charge in [0, 0.05) is 6.42 Å². The van der Waals surface area contributed by atoms with Gasteiger partial charge in [0.1, 0.15) is 6.61 Å². The second kappa shape index (κ2) is 9.50. The maximum absolute atomic E-state index is 11.9. The Bertz CT molecular complexity index is 739. The van der Waals surface area contributed by atoms with Gasteiger partial charge in [-0.1, -0.05) is 86.2 Å². The molecule has 2 aromatic rings. The SMILES string of the molecule is CCCCC(=O)OCC1=C(P(c2ccccc2)c2ccccc2)C=CC1. The van der Waals surface area contributed by atoms with Crippen LogP contribution in [-0.4, -0.2) is 12.6 Å². The van der Waals surface area contributed by atoms with Gasteiger partial charge in [-0.15, -0.1) is 0 Å². The van der Waals surface area contributed by atoms with Crippen LogP contribution < -0.4 is 10.6 Å². The second-order valence-electron chi connectivity index (χ2n) is 6.37. The Morgan fingerprint density at radius 2 is 1.62 bits per heavy atom. The number of benzene rings is 2. The number of unbranched alkanes of at least 4 members (excludes halogenated alkanes) is 1. The van der Waals surface area contributed by atoms with Crippen LogP contribution >= 0.6 is 7.92 Å². The fourth-order valence-electron chi connectivity index (χ4n) is 3.04. The van der Waals surface area contributed by atoms with E-state index in [1.54, 1.807) is 0 Å². The molecule has 0 amide bonds. The highest BCUT2D eigenvalue weighted by molar-refractivity contribution is 7.77. The third-order valence-corrected chi connectivity index (χ3v) is 6.99. The first-order chi connectivity index (χ1) is 12.8. The van der Waals surface area contributed by atoms with Crippen LogP contribution in [0.3, 0.4) is 0 Å². The zero-order valence-electron chi connectivity index (χ0n) is 15.2. The van der Waals surface area contributed by atoms with Crippen molar-refractivity contribution in [1.29, 1.82) is 0 Å². The number of carbonyl (C=O) groups is 1. The third kappa shape index (κ3) is 4.71. The lowest BCUT2D eigenvalue weighted by molar-refractivity contribution is -0.142. The number of carbonyl (C=O) groups excluding carboxylic acids is 1. The van der Waals surface area contributed by atoms with E-state index in [9.17, 15) is 4.79 Å². The Morgan fingerprint density at radius 1 is 1.00 bits per heavy atom. The number of hydrogen-bond donors (Lipinski definition) is 0. The van der Waals surface area contributed by atoms with Crippen molar-refractivity contribution in [2.45, 2.75) is 32.6 Å². The van der Waals surface area contributed by atoms with Gasteiger partial charge in [-0.2, -0.15) is 0 Å². The summed E-state index contributed by atoms with van der Waals surface area (Å²) in [5, 5.41) is 3.97. The monoisotopic (exact) mass is 364 g/mol. The van der Waals surface area contributed by atoms with E-state index in [0.29, 0.717) is 13.0 Å². The molecule has 0 bridgehead atoms. The predicted molar refractivity (Wildman–Crippen MR) is 110 cm³/mol. The number of hydrogen-bond acceptors (Lipinski definition) is 2. The molecule has 0 aliphatic heterocycles. The Kier molecular flexibility index (Phi) is 6.80. The van der Waals surface area contributed by atoms with Gasteiger partial charge in [0.25, 0.3) is 0 Å². The molecular formula is C23H25O2P. The molecule has 0 aromatic heterocycles. The highest BCUT2D eigenvalue weighted by atomic mass is 31.1. The zero-order chi connectivity index (χ0) is 18.2. The van der Waals surface area contributed by atoms with Gasteiger partial charge in [0.05, 0.1) is 0 Å². The zero-order valence-corrected chi connectivity index (χ0v) is 16.1. The molecule has 0 atom stereocenters. The topological polar surface area (TPSA) is 26.3 Å². The molecule has 2 nitrogen and oxygen atoms in total. The van der Waals surface area contributed by atoms with Crippen molar-refractivity contribution in [2.75, 3.05) is 6.61 Å². The smallest absolute Gasteiger partial charge is 0.306 e. The molecule has 1 aliphatic carbocycles. The molecule has 0 fully saturated rings. The molecule has 0 unspecified atom stereocenters. The van der Waals surface area contributed by atoms with Crippen molar-refractivity contribution in [3.05, 3.63) is 83.7 Å². The first kappa shape index (κ1) is 18.6. The van der Waals surface area contributed by atoms with E-state index in [0.717, 1.165) is 19.3 Å². The highest BCUT2D eigenvalue weighted by Gasteiger charge is 2.23. The number of allylic oxidation sites excluding steroid dienone is 3. The molecule has 134 valence electrons. The van der Waals surface area contributed by atoms with Crippen LogP contribution in [0.4, 0.5) is 0 Å². The minimum absolute atomic E-state index is 0.0886. The van der Waals surface area contributed by atoms with Crippen molar-refractivity contribution >= 4 is 24.5 Å². The number of esters is 1. The molecule has 1 aliphatic rings. The molecule has 0 radical (unpaired) electrons. The fraction of sp³-hybridized carbons (Fsp3) is 0.261. The number of ether oxygens (including phenoxy) is 1. The van der Waals surface area contributed by atoms with E-state index in [2.05, 4.69) is 79.7 Å². The van der Waals surface area contributed by atoms with E-state index < -0.39 is 7.92 Å². The number of rotatable bonds is 8. The Hall–Kier alpha value is -2.18. The van der Waals surface area contributed by atoms with Crippen LogP contribution in [-0.2, 0) is 9.53 Å². The molecule has 3 rings (SSSR count). The highest BCUT2D eigenvalue weighted by Crippen LogP contribution is 2.47. The summed E-state index contributed by atoms with van der Waals surface area (Å²) in [5.41, 5.74) is 1.23. The summed E-state index contributed by atoms with van der Waals surface area (Å²) in [7, 11) is -0.632. The maximum atomic E-state index is 11.9. The molecule has 0 heterocycles. The molecule has 0 saturated heterocycles. The lowest BCUT2D eigenvalue weighted by Crippen LogP contribution is -2.14. The molecular weight excluding hydrogens is 339 g/mol. The van der Waals surface area contributed by atoms with Gasteiger partial charge in [-0.05, 0) is 42.3 Å². The van der Waals surface area contributed by atoms with Crippen LogP contribution in [0.25, 0.3) is 0 Å². The average molecular weight is 364 g/mol. The lowest BCUT2D eigenvalue weighted by Gasteiger charge is -2.21. The fourth-order valence-corrected chi connectivity index (χ4v) is 5.56. The van der Waals surface area contributed by atoms with E-state index in [1.165, 1.54) is 21.5 Å². The maximum Gasteiger partial charge on any atom is 0.306 e. The first-order valence-electron chi connectivity index (χ1n) is 9.24. The van der Waals surface area contributed by atoms with E-state index in [1.807, 2.05) is 0 Å². The van der Waals surface area contributed by atoms with Crippen LogP contribution in [0, 0.1) is 0 Å². The quantitative estimate of drug-likeness (QED) is 0.483. The van der Waals surface area contributed by atoms with Crippen molar-refractivity contribution < 1.29 is 9.53 Å². The summed E-state index contributed by atoms with van der Waals surface area (Å²) >= 11 is 0. The lowest BCUT2D eigenvalue weighted by atomic mass is 10.2. The predicted octanol–water partition coefficient (Wildman–Crippen LogP) is 5.07. The standard InChI is InChI=1S/C23H25O2P/c1-2-3-17-23(24)25-18-19-11-10-16-22(19)26(20-12-6-4-7-13-20)21-14-8-5-9-15-21/h4-10,12-16H,2-3,11,17-18H2,1H3. The molecule has 2 aromatic carbocycles. The van der Waals surface area contributed by atoms with E-state index in [4.69, 9.17) is 4.74 Å². The molecule has 0 saturated carbocycles. The molecule has 26 heavy (non-hydrogen) atoms. The molecule has 0 spiro atoms. The summed E-state index contributed by atoms with van der Waals surface area (Å²) < 4.78 is 5.55. The van der Waals surface area contributed by atoms with Gasteiger partial charge in [-0.3, -0.25) is 4.79 Å². The van der Waals surface area contributed by atoms with Crippen LogP contribution in [0.5, 0.6) is 0 Å². The summed E-state index contributed by atoms with van der Waals surface area (Å²) in [6.07, 6.45) is 7.70. The first-order valence-corrected chi connectivity index (χ1v) is 10.6.